The first-order valence-corrected chi connectivity index (χ1v) is 13.6. The second kappa shape index (κ2) is 12.0. The van der Waals surface area contributed by atoms with Crippen LogP contribution >= 0.6 is 11.5 Å². The second-order valence-electron chi connectivity index (χ2n) is 10.5. The second-order valence-corrected chi connectivity index (χ2v) is 11.4. The molecule has 0 atom stereocenters. The van der Waals surface area contributed by atoms with Crippen molar-refractivity contribution in [1.82, 2.24) is 19.2 Å². The van der Waals surface area contributed by atoms with Gasteiger partial charge in [0.15, 0.2) is 17.3 Å². The van der Waals surface area contributed by atoms with Gasteiger partial charge in [0.1, 0.15) is 11.7 Å². The van der Waals surface area contributed by atoms with Crippen LogP contribution in [0.1, 0.15) is 65.9 Å². The van der Waals surface area contributed by atoms with Crippen LogP contribution in [-0.4, -0.2) is 56.0 Å². The normalized spacial score (nSPS) is 14.6. The summed E-state index contributed by atoms with van der Waals surface area (Å²) in [5.74, 6) is -1.19. The number of rotatable bonds is 6. The Bertz CT molecular complexity index is 1400. The number of hydrogen-bond acceptors (Lipinski definition) is 8. The molecule has 0 saturated carbocycles. The van der Waals surface area contributed by atoms with Crippen LogP contribution in [0, 0.1) is 12.7 Å². The van der Waals surface area contributed by atoms with Gasteiger partial charge in [-0.25, -0.2) is 14.2 Å². The molecule has 41 heavy (non-hydrogen) atoms. The molecule has 1 saturated heterocycles. The summed E-state index contributed by atoms with van der Waals surface area (Å²) in [5, 5.41) is 2.64. The first-order chi connectivity index (χ1) is 19.2. The van der Waals surface area contributed by atoms with Gasteiger partial charge >= 0.3 is 12.3 Å². The average Bonchev–Trinajstić information content (AvgIpc) is 3.24. The molecule has 2 amide bonds. The molecule has 3 heterocycles. The van der Waals surface area contributed by atoms with Gasteiger partial charge in [-0.3, -0.25) is 9.78 Å². The first kappa shape index (κ1) is 30.2. The summed E-state index contributed by atoms with van der Waals surface area (Å²) in [6.07, 6.45) is -2.58. The van der Waals surface area contributed by atoms with Gasteiger partial charge in [0.05, 0.1) is 23.1 Å². The quantitative estimate of drug-likeness (QED) is 0.347. The maximum absolute atomic E-state index is 14.9. The van der Waals surface area contributed by atoms with Crippen LogP contribution in [0.2, 0.25) is 0 Å². The van der Waals surface area contributed by atoms with E-state index in [4.69, 9.17) is 9.47 Å². The van der Waals surface area contributed by atoms with E-state index in [0.717, 1.165) is 23.8 Å². The summed E-state index contributed by atoms with van der Waals surface area (Å²) < 4.78 is 68.6. The fraction of sp³-hybridized carbons (Fsp3) is 0.444. The number of ether oxygens (including phenoxy) is 2. The fourth-order valence-electron chi connectivity index (χ4n) is 4.12. The minimum Gasteiger partial charge on any atom is -0.487 e. The molecule has 9 nitrogen and oxygen atoms in total. The molecule has 1 aromatic carbocycles. The zero-order chi connectivity index (χ0) is 29.9. The van der Waals surface area contributed by atoms with Gasteiger partial charge in [-0.05, 0) is 51.4 Å². The maximum atomic E-state index is 14.9. The summed E-state index contributed by atoms with van der Waals surface area (Å²) >= 11 is 1.02. The number of likely N-dealkylation sites (tertiary alicyclic amines) is 1. The largest absolute Gasteiger partial charge is 0.487 e. The van der Waals surface area contributed by atoms with Crippen LogP contribution in [0.25, 0.3) is 0 Å². The van der Waals surface area contributed by atoms with E-state index in [1.807, 2.05) is 0 Å². The number of benzene rings is 1. The predicted octanol–water partition coefficient (Wildman–Crippen LogP) is 6.02. The number of carbonyl (C=O) groups excluding carboxylic acids is 2. The number of amides is 2. The van der Waals surface area contributed by atoms with Gasteiger partial charge in [0.2, 0.25) is 0 Å². The molecule has 14 heteroatoms. The molecule has 0 spiro atoms. The lowest BCUT2D eigenvalue weighted by molar-refractivity contribution is -0.141. The number of nitrogens with zero attached hydrogens (tertiary/aromatic N) is 4. The molecule has 1 fully saturated rings. The van der Waals surface area contributed by atoms with Crippen molar-refractivity contribution in [2.45, 2.75) is 64.8 Å². The smallest absolute Gasteiger partial charge is 0.434 e. The highest BCUT2D eigenvalue weighted by atomic mass is 32.1. The number of nitrogens with one attached hydrogen (secondary N) is 1. The molecule has 0 bridgehead atoms. The highest BCUT2D eigenvalue weighted by Crippen LogP contribution is 2.29. The molecule has 220 valence electrons. The molecule has 0 aliphatic carbocycles. The summed E-state index contributed by atoms with van der Waals surface area (Å²) in [5.41, 5.74) is -0.633. The molecule has 0 unspecified atom stereocenters. The Kier molecular flexibility index (Phi) is 8.80. The van der Waals surface area contributed by atoms with E-state index in [2.05, 4.69) is 19.7 Å². The van der Waals surface area contributed by atoms with Gasteiger partial charge in [-0.1, -0.05) is 0 Å². The number of hydrogen-bond donors (Lipinski definition) is 1. The molecular formula is C27H29F4N5O4S. The zero-order valence-corrected chi connectivity index (χ0v) is 23.7. The lowest BCUT2D eigenvalue weighted by atomic mass is 10.1. The summed E-state index contributed by atoms with van der Waals surface area (Å²) in [4.78, 5) is 34.6. The SMILES string of the molecule is Cc1nsc(Cc2cnc(C(F)(F)F)cn2)c1C(=O)Nc1ccc(OC2CCN(C(=O)OC(C)(C)C)CC2)c(F)c1. The van der Waals surface area contributed by atoms with Crippen molar-refractivity contribution in [3.05, 3.63) is 63.9 Å². The Balaban J connectivity index is 1.36. The lowest BCUT2D eigenvalue weighted by Crippen LogP contribution is -2.44. The molecular weight excluding hydrogens is 566 g/mol. The average molecular weight is 596 g/mol. The van der Waals surface area contributed by atoms with Gasteiger partial charge in [0, 0.05) is 55.2 Å². The van der Waals surface area contributed by atoms with E-state index < -0.39 is 35.3 Å². The van der Waals surface area contributed by atoms with E-state index in [9.17, 15) is 27.2 Å². The Morgan fingerprint density at radius 2 is 1.83 bits per heavy atom. The number of piperidine rings is 1. The van der Waals surface area contributed by atoms with E-state index in [-0.39, 0.29) is 35.2 Å². The number of alkyl halides is 3. The molecule has 1 aliphatic heterocycles. The number of aryl methyl sites for hydroxylation is 1. The number of anilines is 1. The minimum absolute atomic E-state index is 0.0219. The Morgan fingerprint density at radius 1 is 1.12 bits per heavy atom. The van der Waals surface area contributed by atoms with Crippen molar-refractivity contribution in [3.8, 4) is 5.75 Å². The number of aromatic nitrogens is 3. The van der Waals surface area contributed by atoms with Crippen LogP contribution in [0.4, 0.5) is 28.0 Å². The highest BCUT2D eigenvalue weighted by Gasteiger charge is 2.33. The van der Waals surface area contributed by atoms with Crippen molar-refractivity contribution in [1.29, 1.82) is 0 Å². The number of halogens is 4. The third-order valence-corrected chi connectivity index (χ3v) is 7.01. The molecule has 3 aromatic rings. The zero-order valence-electron chi connectivity index (χ0n) is 22.8. The monoisotopic (exact) mass is 595 g/mol. The Hall–Kier alpha value is -3.81. The van der Waals surface area contributed by atoms with E-state index in [0.29, 0.717) is 42.7 Å². The topological polar surface area (TPSA) is 107 Å². The van der Waals surface area contributed by atoms with Crippen molar-refractivity contribution < 1.29 is 36.6 Å². The molecule has 1 N–H and O–H groups in total. The van der Waals surface area contributed by atoms with Crippen LogP contribution in [0.5, 0.6) is 5.75 Å². The van der Waals surface area contributed by atoms with Gasteiger partial charge in [-0.15, -0.1) is 0 Å². The highest BCUT2D eigenvalue weighted by molar-refractivity contribution is 7.06. The summed E-state index contributed by atoms with van der Waals surface area (Å²) in [7, 11) is 0. The van der Waals surface area contributed by atoms with Crippen molar-refractivity contribution in [3.63, 3.8) is 0 Å². The molecule has 2 aromatic heterocycles. The Morgan fingerprint density at radius 3 is 2.41 bits per heavy atom. The van der Waals surface area contributed by atoms with Crippen molar-refractivity contribution >= 4 is 29.2 Å². The van der Waals surface area contributed by atoms with E-state index in [1.54, 1.807) is 32.6 Å². The van der Waals surface area contributed by atoms with E-state index in [1.165, 1.54) is 12.1 Å². The molecule has 4 rings (SSSR count). The number of carbonyl (C=O) groups is 2. The van der Waals surface area contributed by atoms with Crippen LogP contribution in [0.15, 0.2) is 30.6 Å². The van der Waals surface area contributed by atoms with E-state index >= 15 is 0 Å². The third-order valence-electron chi connectivity index (χ3n) is 6.07. The van der Waals surface area contributed by atoms with Crippen molar-refractivity contribution in [2.75, 3.05) is 18.4 Å². The fourth-order valence-corrected chi connectivity index (χ4v) is 5.00. The molecule has 1 aliphatic rings. The van der Waals surface area contributed by atoms with Crippen LogP contribution < -0.4 is 10.1 Å². The predicted molar refractivity (Wildman–Crippen MR) is 143 cm³/mol. The lowest BCUT2D eigenvalue weighted by Gasteiger charge is -2.33. The van der Waals surface area contributed by atoms with Gasteiger partial charge in [0.25, 0.3) is 5.91 Å². The van der Waals surface area contributed by atoms with Crippen molar-refractivity contribution in [2.24, 2.45) is 0 Å². The standard InChI is InChI=1S/C27H29F4N5O4S/c1-15-23(21(41-35-15)12-17-13-33-22(14-32-17)27(29,30)31)24(37)34-16-5-6-20(19(28)11-16)39-18-7-9-36(10-8-18)25(38)40-26(2,3)4/h5-6,11,13-14,18H,7-10,12H2,1-4H3,(H,34,37). The van der Waals surface area contributed by atoms with Crippen LogP contribution in [-0.2, 0) is 17.3 Å². The minimum atomic E-state index is -4.60. The Labute approximate surface area is 238 Å². The van der Waals surface area contributed by atoms with Gasteiger partial charge in [-0.2, -0.15) is 17.5 Å². The molecule has 0 radical (unpaired) electrons. The van der Waals surface area contributed by atoms with Crippen LogP contribution in [0.3, 0.4) is 0 Å². The maximum Gasteiger partial charge on any atom is 0.434 e. The van der Waals surface area contributed by atoms with Gasteiger partial charge < -0.3 is 19.7 Å². The summed E-state index contributed by atoms with van der Waals surface area (Å²) in [6, 6.07) is 4.06. The first-order valence-electron chi connectivity index (χ1n) is 12.8. The third kappa shape index (κ3) is 7.90. The summed E-state index contributed by atoms with van der Waals surface area (Å²) in [6.45, 7) is 7.86.